The van der Waals surface area contributed by atoms with Crippen molar-refractivity contribution in [1.29, 1.82) is 0 Å². The second-order valence-electron chi connectivity index (χ2n) is 8.05. The Kier molecular flexibility index (Phi) is 6.82. The van der Waals surface area contributed by atoms with E-state index in [-0.39, 0.29) is 5.82 Å². The molecule has 4 aromatic rings. The smallest absolute Gasteiger partial charge is 0.422 e. The molecule has 34 heavy (non-hydrogen) atoms. The SMILES string of the molecule is CCc1ccc(-c2ccc3c(F)c(CCc4ccc(OCC(F)(F)F)c(F)c4)ccc3c2)nc1. The quantitative estimate of drug-likeness (QED) is 0.261. The number of alkyl halides is 3. The number of aromatic nitrogens is 1. The maximum Gasteiger partial charge on any atom is 0.422 e. The Hall–Kier alpha value is -3.48. The zero-order chi connectivity index (χ0) is 24.3. The van der Waals surface area contributed by atoms with E-state index in [2.05, 4.69) is 16.6 Å². The van der Waals surface area contributed by atoms with Gasteiger partial charge in [0, 0.05) is 17.1 Å². The molecule has 0 unspecified atom stereocenters. The van der Waals surface area contributed by atoms with Crippen molar-refractivity contribution in [2.24, 2.45) is 0 Å². The van der Waals surface area contributed by atoms with E-state index >= 15 is 4.39 Å². The highest BCUT2D eigenvalue weighted by molar-refractivity contribution is 5.88. The van der Waals surface area contributed by atoms with Gasteiger partial charge in [0.1, 0.15) is 5.82 Å². The topological polar surface area (TPSA) is 22.1 Å². The van der Waals surface area contributed by atoms with E-state index in [0.717, 1.165) is 40.8 Å². The lowest BCUT2D eigenvalue weighted by atomic mass is 9.98. The number of pyridine rings is 1. The number of hydrogen-bond donors (Lipinski definition) is 0. The molecule has 1 heterocycles. The van der Waals surface area contributed by atoms with Crippen LogP contribution in [0.4, 0.5) is 22.0 Å². The molecule has 176 valence electrons. The van der Waals surface area contributed by atoms with Gasteiger partial charge in [-0.15, -0.1) is 0 Å². The van der Waals surface area contributed by atoms with Gasteiger partial charge in [-0.1, -0.05) is 43.3 Å². The van der Waals surface area contributed by atoms with Crippen LogP contribution in [-0.2, 0) is 19.3 Å². The summed E-state index contributed by atoms with van der Waals surface area (Å²) in [5, 5.41) is 1.23. The Labute approximate surface area is 194 Å². The number of aryl methyl sites for hydroxylation is 3. The minimum absolute atomic E-state index is 0.311. The van der Waals surface area contributed by atoms with E-state index in [1.54, 1.807) is 12.1 Å². The largest absolute Gasteiger partial charge is 0.481 e. The molecule has 0 saturated carbocycles. The van der Waals surface area contributed by atoms with Gasteiger partial charge in [-0.05, 0) is 65.6 Å². The first-order valence-electron chi connectivity index (χ1n) is 10.9. The fraction of sp³-hybridized carbons (Fsp3) is 0.222. The van der Waals surface area contributed by atoms with Crippen molar-refractivity contribution in [3.8, 4) is 17.0 Å². The molecule has 7 heteroatoms. The first-order valence-corrected chi connectivity index (χ1v) is 10.9. The predicted octanol–water partition coefficient (Wildman–Crippen LogP) is 7.47. The van der Waals surface area contributed by atoms with Crippen LogP contribution >= 0.6 is 0 Å². The average molecular weight is 471 g/mol. The molecule has 0 atom stereocenters. The lowest BCUT2D eigenvalue weighted by Crippen LogP contribution is -2.19. The molecule has 0 bridgehead atoms. The van der Waals surface area contributed by atoms with E-state index in [1.165, 1.54) is 6.07 Å². The van der Waals surface area contributed by atoms with Crippen molar-refractivity contribution in [2.75, 3.05) is 6.61 Å². The van der Waals surface area contributed by atoms with Crippen LogP contribution in [0.5, 0.6) is 5.75 Å². The van der Waals surface area contributed by atoms with Gasteiger partial charge in [0.15, 0.2) is 18.2 Å². The highest BCUT2D eigenvalue weighted by atomic mass is 19.4. The van der Waals surface area contributed by atoms with Crippen molar-refractivity contribution in [3.63, 3.8) is 0 Å². The lowest BCUT2D eigenvalue weighted by Gasteiger charge is -2.11. The number of benzene rings is 3. The van der Waals surface area contributed by atoms with E-state index in [0.29, 0.717) is 29.4 Å². The number of nitrogens with zero attached hydrogens (tertiary/aromatic N) is 1. The van der Waals surface area contributed by atoms with Crippen LogP contribution in [0.3, 0.4) is 0 Å². The molecule has 0 N–H and O–H groups in total. The molecule has 0 amide bonds. The normalized spacial score (nSPS) is 11.7. The van der Waals surface area contributed by atoms with Gasteiger partial charge >= 0.3 is 6.18 Å². The molecule has 0 saturated heterocycles. The zero-order valence-corrected chi connectivity index (χ0v) is 18.4. The average Bonchev–Trinajstić information content (AvgIpc) is 2.82. The van der Waals surface area contributed by atoms with E-state index < -0.39 is 24.3 Å². The minimum Gasteiger partial charge on any atom is -0.481 e. The Morgan fingerprint density at radius 2 is 1.65 bits per heavy atom. The molecule has 0 aliphatic heterocycles. The van der Waals surface area contributed by atoms with Crippen molar-refractivity contribution < 1.29 is 26.7 Å². The van der Waals surface area contributed by atoms with E-state index in [4.69, 9.17) is 0 Å². The van der Waals surface area contributed by atoms with Crippen LogP contribution in [0.1, 0.15) is 23.6 Å². The molecule has 1 aromatic heterocycles. The third kappa shape index (κ3) is 5.53. The first-order chi connectivity index (χ1) is 16.2. The van der Waals surface area contributed by atoms with Gasteiger partial charge in [-0.3, -0.25) is 4.98 Å². The number of fused-ring (bicyclic) bond motifs is 1. The second-order valence-corrected chi connectivity index (χ2v) is 8.05. The van der Waals surface area contributed by atoms with Crippen molar-refractivity contribution in [2.45, 2.75) is 32.4 Å². The van der Waals surface area contributed by atoms with Gasteiger partial charge in [0.25, 0.3) is 0 Å². The molecule has 4 rings (SSSR count). The highest BCUT2D eigenvalue weighted by Gasteiger charge is 2.29. The van der Waals surface area contributed by atoms with Crippen molar-refractivity contribution >= 4 is 10.8 Å². The Balaban J connectivity index is 1.48. The third-order valence-corrected chi connectivity index (χ3v) is 5.63. The van der Waals surface area contributed by atoms with Crippen LogP contribution in [0, 0.1) is 11.6 Å². The summed E-state index contributed by atoms with van der Waals surface area (Å²) in [6.45, 7) is 0.499. The maximum absolute atomic E-state index is 15.1. The van der Waals surface area contributed by atoms with Gasteiger partial charge in [-0.2, -0.15) is 13.2 Å². The Morgan fingerprint density at radius 3 is 2.32 bits per heavy atom. The zero-order valence-electron chi connectivity index (χ0n) is 18.4. The molecule has 2 nitrogen and oxygen atoms in total. The van der Waals surface area contributed by atoms with Gasteiger partial charge < -0.3 is 4.74 Å². The van der Waals surface area contributed by atoms with Gasteiger partial charge in [-0.25, -0.2) is 8.78 Å². The molecule has 0 aliphatic rings. The molecule has 3 aromatic carbocycles. The molecular formula is C27H22F5NO. The summed E-state index contributed by atoms with van der Waals surface area (Å²) >= 11 is 0. The lowest BCUT2D eigenvalue weighted by molar-refractivity contribution is -0.153. The molecular weight excluding hydrogens is 449 g/mol. The van der Waals surface area contributed by atoms with E-state index in [9.17, 15) is 17.6 Å². The predicted molar refractivity (Wildman–Crippen MR) is 122 cm³/mol. The fourth-order valence-corrected chi connectivity index (χ4v) is 3.75. The summed E-state index contributed by atoms with van der Waals surface area (Å²) in [5.41, 5.74) is 3.86. The number of hydrogen-bond acceptors (Lipinski definition) is 2. The fourth-order valence-electron chi connectivity index (χ4n) is 3.75. The van der Waals surface area contributed by atoms with Gasteiger partial charge in [0.2, 0.25) is 0 Å². The summed E-state index contributed by atoms with van der Waals surface area (Å²) in [6.07, 6.45) is -1.17. The van der Waals surface area contributed by atoms with Crippen LogP contribution < -0.4 is 4.74 Å². The monoisotopic (exact) mass is 471 g/mol. The summed E-state index contributed by atoms with van der Waals surface area (Å²) in [7, 11) is 0. The number of ether oxygens (including phenoxy) is 1. The molecule has 0 aliphatic carbocycles. The van der Waals surface area contributed by atoms with Crippen LogP contribution in [0.2, 0.25) is 0 Å². The summed E-state index contributed by atoms with van der Waals surface area (Å²) < 4.78 is 70.5. The van der Waals surface area contributed by atoms with E-state index in [1.807, 2.05) is 36.5 Å². The molecule has 0 spiro atoms. The molecule has 0 fully saturated rings. The third-order valence-electron chi connectivity index (χ3n) is 5.63. The van der Waals surface area contributed by atoms with Crippen molar-refractivity contribution in [3.05, 3.63) is 95.2 Å². The summed E-state index contributed by atoms with van der Waals surface area (Å²) in [5.74, 6) is -1.69. The summed E-state index contributed by atoms with van der Waals surface area (Å²) in [6, 6.07) is 16.7. The maximum atomic E-state index is 15.1. The number of halogens is 5. The van der Waals surface area contributed by atoms with Crippen LogP contribution in [0.25, 0.3) is 22.0 Å². The first kappa shape index (κ1) is 23.7. The summed E-state index contributed by atoms with van der Waals surface area (Å²) in [4.78, 5) is 4.48. The highest BCUT2D eigenvalue weighted by Crippen LogP contribution is 2.28. The Bertz CT molecular complexity index is 1300. The second kappa shape index (κ2) is 9.79. The van der Waals surface area contributed by atoms with Gasteiger partial charge in [0.05, 0.1) is 5.69 Å². The standard InChI is InChI=1S/C27H22F5NO/c1-2-17-4-11-24(33-15-17)21-9-10-22-20(14-21)8-7-19(26(22)29)6-3-18-5-12-25(23(28)13-18)34-16-27(30,31)32/h4-5,7-15H,2-3,6,16H2,1H3. The van der Waals surface area contributed by atoms with Crippen LogP contribution in [-0.4, -0.2) is 17.8 Å². The number of rotatable bonds is 7. The van der Waals surface area contributed by atoms with Crippen LogP contribution in [0.15, 0.2) is 66.9 Å². The van der Waals surface area contributed by atoms with Crippen molar-refractivity contribution in [1.82, 2.24) is 4.98 Å². The Morgan fingerprint density at radius 1 is 0.853 bits per heavy atom. The minimum atomic E-state index is -4.55. The molecule has 0 radical (unpaired) electrons.